The molecule has 4 nitrogen and oxygen atoms in total. The van der Waals surface area contributed by atoms with E-state index in [0.717, 1.165) is 39.0 Å². The SMILES string of the molecule is CCN(CC)C(=O)CNC1CCC[N]C1. The van der Waals surface area contributed by atoms with Crippen LogP contribution in [-0.2, 0) is 4.79 Å². The second-order valence-electron chi connectivity index (χ2n) is 3.92. The predicted octanol–water partition coefficient (Wildman–Crippen LogP) is 0.211. The molecule has 1 atom stereocenters. The second kappa shape index (κ2) is 6.80. The van der Waals surface area contributed by atoms with Crippen LogP contribution in [0, 0.1) is 0 Å². The first-order chi connectivity index (χ1) is 7.27. The van der Waals surface area contributed by atoms with Crippen molar-refractivity contribution in [2.45, 2.75) is 32.7 Å². The molecule has 0 aromatic rings. The summed E-state index contributed by atoms with van der Waals surface area (Å²) in [4.78, 5) is 13.5. The summed E-state index contributed by atoms with van der Waals surface area (Å²) in [7, 11) is 0. The Kier molecular flexibility index (Phi) is 5.65. The van der Waals surface area contributed by atoms with E-state index in [1.165, 1.54) is 0 Å². The molecule has 1 aliphatic rings. The Morgan fingerprint density at radius 1 is 1.47 bits per heavy atom. The molecule has 15 heavy (non-hydrogen) atoms. The molecule has 87 valence electrons. The minimum absolute atomic E-state index is 0.200. The summed E-state index contributed by atoms with van der Waals surface area (Å²) < 4.78 is 0. The van der Waals surface area contributed by atoms with E-state index >= 15 is 0 Å². The number of nitrogens with one attached hydrogen (secondary N) is 1. The Labute approximate surface area is 92.4 Å². The van der Waals surface area contributed by atoms with Gasteiger partial charge in [0.1, 0.15) is 0 Å². The topological polar surface area (TPSA) is 46.4 Å². The summed E-state index contributed by atoms with van der Waals surface area (Å²) >= 11 is 0. The summed E-state index contributed by atoms with van der Waals surface area (Å²) in [6.07, 6.45) is 2.30. The van der Waals surface area contributed by atoms with E-state index in [4.69, 9.17) is 0 Å². The molecule has 1 N–H and O–H groups in total. The first-order valence-electron chi connectivity index (χ1n) is 5.92. The van der Waals surface area contributed by atoms with E-state index < -0.39 is 0 Å². The maximum Gasteiger partial charge on any atom is 0.236 e. The van der Waals surface area contributed by atoms with Gasteiger partial charge in [-0.2, -0.15) is 0 Å². The van der Waals surface area contributed by atoms with Gasteiger partial charge in [-0.25, -0.2) is 5.32 Å². The summed E-state index contributed by atoms with van der Waals surface area (Å²) in [5, 5.41) is 7.62. The average Bonchev–Trinajstić information content (AvgIpc) is 2.29. The third-order valence-electron chi connectivity index (χ3n) is 2.88. The number of hydrogen-bond acceptors (Lipinski definition) is 2. The van der Waals surface area contributed by atoms with Crippen LogP contribution >= 0.6 is 0 Å². The number of piperidine rings is 1. The van der Waals surface area contributed by atoms with E-state index in [1.54, 1.807) is 0 Å². The van der Waals surface area contributed by atoms with Crippen molar-refractivity contribution < 1.29 is 4.79 Å². The molecule has 1 saturated heterocycles. The highest BCUT2D eigenvalue weighted by atomic mass is 16.2. The van der Waals surface area contributed by atoms with Crippen LogP contribution in [0.4, 0.5) is 0 Å². The van der Waals surface area contributed by atoms with Crippen molar-refractivity contribution in [3.63, 3.8) is 0 Å². The molecule has 4 heteroatoms. The highest BCUT2D eigenvalue weighted by Crippen LogP contribution is 2.02. The number of hydrogen-bond donors (Lipinski definition) is 1. The molecular weight excluding hydrogens is 190 g/mol. The van der Waals surface area contributed by atoms with E-state index in [1.807, 2.05) is 18.7 Å². The zero-order valence-corrected chi connectivity index (χ0v) is 9.83. The molecule has 0 aromatic heterocycles. The molecule has 1 amide bonds. The lowest BCUT2D eigenvalue weighted by Gasteiger charge is -2.24. The smallest absolute Gasteiger partial charge is 0.236 e. The van der Waals surface area contributed by atoms with Crippen molar-refractivity contribution >= 4 is 5.91 Å². The Bertz CT molecular complexity index is 186. The maximum atomic E-state index is 11.7. The first-order valence-corrected chi connectivity index (χ1v) is 5.92. The number of amides is 1. The molecule has 0 saturated carbocycles. The molecule has 0 spiro atoms. The standard InChI is InChI=1S/C11H22N3O/c1-3-14(4-2)11(15)9-13-10-6-5-7-12-8-10/h10,13H,3-9H2,1-2H3. The number of carbonyl (C=O) groups is 1. The van der Waals surface area contributed by atoms with Gasteiger partial charge in [-0.1, -0.05) is 0 Å². The number of carbonyl (C=O) groups excluding carboxylic acids is 1. The van der Waals surface area contributed by atoms with Crippen molar-refractivity contribution in [3.8, 4) is 0 Å². The van der Waals surface area contributed by atoms with Crippen LogP contribution < -0.4 is 10.6 Å². The van der Waals surface area contributed by atoms with Gasteiger partial charge in [0.25, 0.3) is 0 Å². The van der Waals surface area contributed by atoms with Crippen molar-refractivity contribution in [1.29, 1.82) is 0 Å². The fraction of sp³-hybridized carbons (Fsp3) is 0.909. The fourth-order valence-electron chi connectivity index (χ4n) is 1.87. The zero-order valence-electron chi connectivity index (χ0n) is 9.83. The zero-order chi connectivity index (χ0) is 11.1. The van der Waals surface area contributed by atoms with Crippen LogP contribution in [0.15, 0.2) is 0 Å². The van der Waals surface area contributed by atoms with Crippen LogP contribution in [0.3, 0.4) is 0 Å². The third kappa shape index (κ3) is 4.18. The highest BCUT2D eigenvalue weighted by molar-refractivity contribution is 5.78. The van der Waals surface area contributed by atoms with Gasteiger partial charge in [0.2, 0.25) is 5.91 Å². The Balaban J connectivity index is 2.20. The van der Waals surface area contributed by atoms with E-state index in [2.05, 4.69) is 10.6 Å². The van der Waals surface area contributed by atoms with Crippen LogP contribution in [0.1, 0.15) is 26.7 Å². The molecule has 0 aromatic carbocycles. The quantitative estimate of drug-likeness (QED) is 0.708. The van der Waals surface area contributed by atoms with Gasteiger partial charge in [0.15, 0.2) is 0 Å². The lowest BCUT2D eigenvalue weighted by atomic mass is 10.1. The molecule has 1 unspecified atom stereocenters. The van der Waals surface area contributed by atoms with Gasteiger partial charge in [-0.05, 0) is 26.7 Å². The normalized spacial score (nSPS) is 21.3. The van der Waals surface area contributed by atoms with Gasteiger partial charge < -0.3 is 10.2 Å². The minimum Gasteiger partial charge on any atom is -0.342 e. The minimum atomic E-state index is 0.200. The second-order valence-corrected chi connectivity index (χ2v) is 3.92. The highest BCUT2D eigenvalue weighted by Gasteiger charge is 2.15. The monoisotopic (exact) mass is 212 g/mol. The lowest BCUT2D eigenvalue weighted by Crippen LogP contribution is -2.45. The van der Waals surface area contributed by atoms with Gasteiger partial charge in [0.05, 0.1) is 6.54 Å². The van der Waals surface area contributed by atoms with Gasteiger partial charge in [-0.15, -0.1) is 0 Å². The Hall–Kier alpha value is -0.610. The van der Waals surface area contributed by atoms with Crippen molar-refractivity contribution in [3.05, 3.63) is 0 Å². The van der Waals surface area contributed by atoms with Gasteiger partial charge in [0, 0.05) is 32.2 Å². The molecule has 1 rings (SSSR count). The van der Waals surface area contributed by atoms with Crippen LogP contribution in [0.2, 0.25) is 0 Å². The van der Waals surface area contributed by atoms with Crippen LogP contribution in [-0.4, -0.2) is 49.6 Å². The average molecular weight is 212 g/mol. The summed E-state index contributed by atoms with van der Waals surface area (Å²) in [5.41, 5.74) is 0. The lowest BCUT2D eigenvalue weighted by molar-refractivity contribution is -0.130. The number of likely N-dealkylation sites (N-methyl/N-ethyl adjacent to an activating group) is 1. The Morgan fingerprint density at radius 2 is 2.20 bits per heavy atom. The molecule has 1 fully saturated rings. The van der Waals surface area contributed by atoms with Gasteiger partial charge in [-0.3, -0.25) is 4.79 Å². The van der Waals surface area contributed by atoms with E-state index in [9.17, 15) is 4.79 Å². The molecule has 0 aliphatic carbocycles. The molecule has 1 aliphatic heterocycles. The Morgan fingerprint density at radius 3 is 2.73 bits per heavy atom. The van der Waals surface area contributed by atoms with Crippen molar-refractivity contribution in [2.24, 2.45) is 0 Å². The molecule has 1 radical (unpaired) electrons. The summed E-state index contributed by atoms with van der Waals surface area (Å²) in [5.74, 6) is 0.200. The number of nitrogens with zero attached hydrogens (tertiary/aromatic N) is 2. The van der Waals surface area contributed by atoms with Crippen molar-refractivity contribution in [2.75, 3.05) is 32.7 Å². The van der Waals surface area contributed by atoms with E-state index in [-0.39, 0.29) is 5.91 Å². The van der Waals surface area contributed by atoms with Crippen LogP contribution in [0.25, 0.3) is 0 Å². The van der Waals surface area contributed by atoms with Crippen LogP contribution in [0.5, 0.6) is 0 Å². The summed E-state index contributed by atoms with van der Waals surface area (Å²) in [6.45, 7) is 7.93. The molecule has 1 heterocycles. The predicted molar refractivity (Wildman–Crippen MR) is 60.8 cm³/mol. The third-order valence-corrected chi connectivity index (χ3v) is 2.88. The summed E-state index contributed by atoms with van der Waals surface area (Å²) in [6, 6.07) is 0.415. The molecular formula is C11H22N3O. The largest absolute Gasteiger partial charge is 0.342 e. The van der Waals surface area contributed by atoms with Gasteiger partial charge >= 0.3 is 0 Å². The van der Waals surface area contributed by atoms with Crippen molar-refractivity contribution in [1.82, 2.24) is 15.5 Å². The fourth-order valence-corrected chi connectivity index (χ4v) is 1.87. The number of rotatable bonds is 5. The van der Waals surface area contributed by atoms with E-state index in [0.29, 0.717) is 12.6 Å². The first kappa shape index (κ1) is 12.5. The molecule has 0 bridgehead atoms. The maximum absolute atomic E-state index is 11.7.